The number of benzene rings is 1. The van der Waals surface area contributed by atoms with Crippen molar-refractivity contribution in [3.05, 3.63) is 53.3 Å². The monoisotopic (exact) mass is 285 g/mol. The molecule has 0 aliphatic heterocycles. The number of rotatable bonds is 8. The highest BCUT2D eigenvalue weighted by atomic mass is 15.3. The lowest BCUT2D eigenvalue weighted by Crippen LogP contribution is -2.24. The van der Waals surface area contributed by atoms with Gasteiger partial charge in [0.1, 0.15) is 0 Å². The molecule has 1 heterocycles. The Balaban J connectivity index is 2.06. The highest BCUT2D eigenvalue weighted by molar-refractivity contribution is 5.22. The molecular formula is C18H27N3. The molecule has 3 nitrogen and oxygen atoms in total. The molecule has 2 aromatic rings. The zero-order valence-electron chi connectivity index (χ0n) is 13.5. The van der Waals surface area contributed by atoms with Crippen molar-refractivity contribution in [1.82, 2.24) is 15.1 Å². The van der Waals surface area contributed by atoms with Crippen LogP contribution in [0.5, 0.6) is 0 Å². The molecule has 21 heavy (non-hydrogen) atoms. The van der Waals surface area contributed by atoms with Crippen molar-refractivity contribution in [3.8, 4) is 0 Å². The predicted molar refractivity (Wildman–Crippen MR) is 88.4 cm³/mol. The van der Waals surface area contributed by atoms with Gasteiger partial charge in [-0.3, -0.25) is 4.68 Å². The molecule has 0 spiro atoms. The van der Waals surface area contributed by atoms with Crippen LogP contribution in [0.3, 0.4) is 0 Å². The molecule has 0 radical (unpaired) electrons. The van der Waals surface area contributed by atoms with E-state index in [1.54, 1.807) is 0 Å². The molecule has 0 bridgehead atoms. The summed E-state index contributed by atoms with van der Waals surface area (Å²) in [6.45, 7) is 8.49. The van der Waals surface area contributed by atoms with E-state index in [4.69, 9.17) is 0 Å². The van der Waals surface area contributed by atoms with Crippen LogP contribution in [0.4, 0.5) is 0 Å². The van der Waals surface area contributed by atoms with Gasteiger partial charge in [0.25, 0.3) is 0 Å². The van der Waals surface area contributed by atoms with E-state index >= 15 is 0 Å². The third kappa shape index (κ3) is 4.43. The van der Waals surface area contributed by atoms with E-state index in [1.165, 1.54) is 16.8 Å². The lowest BCUT2D eigenvalue weighted by Gasteiger charge is -2.19. The van der Waals surface area contributed by atoms with Gasteiger partial charge < -0.3 is 5.32 Å². The minimum atomic E-state index is 0.379. The van der Waals surface area contributed by atoms with Gasteiger partial charge >= 0.3 is 0 Å². The first kappa shape index (κ1) is 15.8. The Kier molecular flexibility index (Phi) is 6.00. The van der Waals surface area contributed by atoms with Crippen LogP contribution in [0, 0.1) is 6.92 Å². The minimum Gasteiger partial charge on any atom is -0.309 e. The minimum absolute atomic E-state index is 0.379. The first-order valence-electron chi connectivity index (χ1n) is 8.05. The van der Waals surface area contributed by atoms with Gasteiger partial charge in [0, 0.05) is 18.8 Å². The van der Waals surface area contributed by atoms with Crippen LogP contribution < -0.4 is 5.32 Å². The molecule has 0 amide bonds. The van der Waals surface area contributed by atoms with Crippen molar-refractivity contribution in [2.24, 2.45) is 0 Å². The van der Waals surface area contributed by atoms with Crippen molar-refractivity contribution >= 4 is 0 Å². The number of hydrogen-bond donors (Lipinski definition) is 1. The van der Waals surface area contributed by atoms with Gasteiger partial charge in [-0.15, -0.1) is 0 Å². The van der Waals surface area contributed by atoms with Crippen LogP contribution in [-0.2, 0) is 13.0 Å². The maximum atomic E-state index is 4.45. The second kappa shape index (κ2) is 7.99. The maximum Gasteiger partial charge on any atom is 0.0553 e. The lowest BCUT2D eigenvalue weighted by molar-refractivity contribution is 0.458. The molecule has 1 aromatic carbocycles. The van der Waals surface area contributed by atoms with E-state index in [-0.39, 0.29) is 0 Å². The van der Waals surface area contributed by atoms with Crippen molar-refractivity contribution in [2.75, 3.05) is 6.54 Å². The van der Waals surface area contributed by atoms with E-state index in [9.17, 15) is 0 Å². The Bertz CT molecular complexity index is 545. The Morgan fingerprint density at radius 1 is 1.24 bits per heavy atom. The highest BCUT2D eigenvalue weighted by Crippen LogP contribution is 2.20. The van der Waals surface area contributed by atoms with E-state index in [0.29, 0.717) is 6.04 Å². The van der Waals surface area contributed by atoms with Gasteiger partial charge in [-0.2, -0.15) is 5.10 Å². The third-order valence-electron chi connectivity index (χ3n) is 3.80. The number of hydrogen-bond acceptors (Lipinski definition) is 2. The Morgan fingerprint density at radius 3 is 2.81 bits per heavy atom. The van der Waals surface area contributed by atoms with Crippen LogP contribution in [0.25, 0.3) is 0 Å². The van der Waals surface area contributed by atoms with Gasteiger partial charge in [0.05, 0.1) is 5.69 Å². The van der Waals surface area contributed by atoms with Crippen molar-refractivity contribution in [2.45, 2.75) is 52.6 Å². The highest BCUT2D eigenvalue weighted by Gasteiger charge is 2.15. The predicted octanol–water partition coefficient (Wildman–Crippen LogP) is 3.88. The zero-order valence-corrected chi connectivity index (χ0v) is 13.5. The molecule has 2 rings (SSSR count). The van der Waals surface area contributed by atoms with E-state index in [0.717, 1.165) is 32.4 Å². The Hall–Kier alpha value is -1.61. The molecule has 0 fully saturated rings. The van der Waals surface area contributed by atoms with E-state index in [1.807, 2.05) is 6.20 Å². The molecule has 1 atom stereocenters. The van der Waals surface area contributed by atoms with Gasteiger partial charge in [-0.25, -0.2) is 0 Å². The van der Waals surface area contributed by atoms with E-state index < -0.39 is 0 Å². The third-order valence-corrected chi connectivity index (χ3v) is 3.80. The molecular weight excluding hydrogens is 258 g/mol. The van der Waals surface area contributed by atoms with Crippen molar-refractivity contribution in [3.63, 3.8) is 0 Å². The molecule has 0 aliphatic rings. The normalized spacial score (nSPS) is 12.5. The summed E-state index contributed by atoms with van der Waals surface area (Å²) < 4.78 is 2.14. The number of aromatic nitrogens is 2. The van der Waals surface area contributed by atoms with Crippen molar-refractivity contribution in [1.29, 1.82) is 0 Å². The zero-order chi connectivity index (χ0) is 15.1. The SMILES string of the molecule is CCCn1nccc1C(CCc1cccc(C)c1)NCC. The summed E-state index contributed by atoms with van der Waals surface area (Å²) in [6.07, 6.45) is 5.23. The fourth-order valence-corrected chi connectivity index (χ4v) is 2.82. The summed E-state index contributed by atoms with van der Waals surface area (Å²) in [7, 11) is 0. The summed E-state index contributed by atoms with van der Waals surface area (Å²) in [4.78, 5) is 0. The van der Waals surface area contributed by atoms with Crippen LogP contribution in [0.15, 0.2) is 36.5 Å². The standard InChI is InChI=1S/C18H27N3/c1-4-13-21-18(11-12-20-21)17(19-5-2)10-9-16-8-6-7-15(3)14-16/h6-8,11-12,14,17,19H,4-5,9-10,13H2,1-3H3. The Labute approximate surface area is 128 Å². The second-order valence-electron chi connectivity index (χ2n) is 5.62. The number of nitrogens with zero attached hydrogens (tertiary/aromatic N) is 2. The largest absolute Gasteiger partial charge is 0.309 e. The average Bonchev–Trinajstić information content (AvgIpc) is 2.92. The summed E-state index contributed by atoms with van der Waals surface area (Å²) in [5.41, 5.74) is 4.06. The van der Waals surface area contributed by atoms with E-state index in [2.05, 4.69) is 66.2 Å². The van der Waals surface area contributed by atoms with Gasteiger partial charge in [0.2, 0.25) is 0 Å². The summed E-state index contributed by atoms with van der Waals surface area (Å²) in [5, 5.41) is 8.06. The van der Waals surface area contributed by atoms with Gasteiger partial charge in [0.15, 0.2) is 0 Å². The van der Waals surface area contributed by atoms with Crippen LogP contribution >= 0.6 is 0 Å². The van der Waals surface area contributed by atoms with Crippen molar-refractivity contribution < 1.29 is 0 Å². The number of aryl methyl sites for hydroxylation is 3. The first-order chi connectivity index (χ1) is 10.2. The molecule has 1 aromatic heterocycles. The molecule has 0 aliphatic carbocycles. The Morgan fingerprint density at radius 2 is 2.10 bits per heavy atom. The lowest BCUT2D eigenvalue weighted by atomic mass is 10.0. The van der Waals surface area contributed by atoms with Crippen LogP contribution in [0.2, 0.25) is 0 Å². The quantitative estimate of drug-likeness (QED) is 0.797. The fraction of sp³-hybridized carbons (Fsp3) is 0.500. The summed E-state index contributed by atoms with van der Waals surface area (Å²) in [6, 6.07) is 11.3. The van der Waals surface area contributed by atoms with Crippen LogP contribution in [-0.4, -0.2) is 16.3 Å². The van der Waals surface area contributed by atoms with Crippen LogP contribution in [0.1, 0.15) is 49.6 Å². The molecule has 1 N–H and O–H groups in total. The molecule has 1 unspecified atom stereocenters. The fourth-order valence-electron chi connectivity index (χ4n) is 2.82. The molecule has 0 saturated heterocycles. The molecule has 0 saturated carbocycles. The molecule has 3 heteroatoms. The maximum absolute atomic E-state index is 4.45. The summed E-state index contributed by atoms with van der Waals surface area (Å²) >= 11 is 0. The first-order valence-corrected chi connectivity index (χ1v) is 8.05. The summed E-state index contributed by atoms with van der Waals surface area (Å²) in [5.74, 6) is 0. The van der Waals surface area contributed by atoms with Gasteiger partial charge in [-0.05, 0) is 44.4 Å². The molecule has 114 valence electrons. The smallest absolute Gasteiger partial charge is 0.0553 e. The topological polar surface area (TPSA) is 29.9 Å². The average molecular weight is 285 g/mol. The number of nitrogens with one attached hydrogen (secondary N) is 1. The van der Waals surface area contributed by atoms with Gasteiger partial charge in [-0.1, -0.05) is 43.7 Å². The second-order valence-corrected chi connectivity index (χ2v) is 5.62.